The Morgan fingerprint density at radius 1 is 0.840 bits per heavy atom. The monoisotopic (exact) mass is 329 g/mol. The molecule has 25 heavy (non-hydrogen) atoms. The number of methoxy groups -OCH3 is 1. The summed E-state index contributed by atoms with van der Waals surface area (Å²) in [6.07, 6.45) is 1.88. The molecule has 0 spiro atoms. The van der Waals surface area contributed by atoms with Crippen LogP contribution in [0.25, 0.3) is 0 Å². The normalized spacial score (nSPS) is 11.0. The predicted molar refractivity (Wildman–Crippen MR) is 101 cm³/mol. The number of aliphatic imine (C=N–C) groups is 1. The van der Waals surface area contributed by atoms with Crippen LogP contribution in [0.2, 0.25) is 0 Å². The van der Waals surface area contributed by atoms with E-state index in [1.807, 2.05) is 54.7 Å². The second-order valence-corrected chi connectivity index (χ2v) is 5.59. The summed E-state index contributed by atoms with van der Waals surface area (Å²) in [5.74, 6) is -0.378. The lowest BCUT2D eigenvalue weighted by atomic mass is 9.92. The molecule has 3 rings (SSSR count). The number of hydrogen-bond acceptors (Lipinski definition) is 3. The SMILES string of the molecule is COC(=O)c1ccccc1N=CC(c1ccccc1)c1ccccc1. The fraction of sp³-hybridized carbons (Fsp3) is 0.0909. The van der Waals surface area contributed by atoms with E-state index in [4.69, 9.17) is 4.74 Å². The summed E-state index contributed by atoms with van der Waals surface area (Å²) in [5, 5.41) is 0. The summed E-state index contributed by atoms with van der Waals surface area (Å²) in [6, 6.07) is 27.6. The van der Waals surface area contributed by atoms with Gasteiger partial charge in [-0.25, -0.2) is 4.79 Å². The van der Waals surface area contributed by atoms with Gasteiger partial charge in [-0.1, -0.05) is 72.8 Å². The maximum absolute atomic E-state index is 11.9. The summed E-state index contributed by atoms with van der Waals surface area (Å²) >= 11 is 0. The van der Waals surface area contributed by atoms with Gasteiger partial charge in [0.1, 0.15) is 0 Å². The topological polar surface area (TPSA) is 38.7 Å². The molecule has 0 fully saturated rings. The predicted octanol–water partition coefficient (Wildman–Crippen LogP) is 5.01. The van der Waals surface area contributed by atoms with E-state index in [1.54, 1.807) is 12.1 Å². The molecule has 0 saturated heterocycles. The molecule has 3 heteroatoms. The van der Waals surface area contributed by atoms with E-state index < -0.39 is 0 Å². The van der Waals surface area contributed by atoms with E-state index >= 15 is 0 Å². The third kappa shape index (κ3) is 4.01. The van der Waals surface area contributed by atoms with E-state index in [1.165, 1.54) is 7.11 Å². The molecule has 0 N–H and O–H groups in total. The summed E-state index contributed by atoms with van der Waals surface area (Å²) < 4.78 is 4.84. The number of benzene rings is 3. The molecule has 0 atom stereocenters. The average Bonchev–Trinajstić information content (AvgIpc) is 2.69. The van der Waals surface area contributed by atoms with Crippen molar-refractivity contribution < 1.29 is 9.53 Å². The fourth-order valence-electron chi connectivity index (χ4n) is 2.71. The molecule has 0 aliphatic rings. The molecule has 0 heterocycles. The van der Waals surface area contributed by atoms with Gasteiger partial charge in [0.2, 0.25) is 0 Å². The van der Waals surface area contributed by atoms with Crippen molar-refractivity contribution in [2.45, 2.75) is 5.92 Å². The molecule has 0 aliphatic heterocycles. The van der Waals surface area contributed by atoms with Crippen molar-refractivity contribution in [2.24, 2.45) is 4.99 Å². The Bertz CT molecular complexity index is 818. The number of carbonyl (C=O) groups is 1. The van der Waals surface area contributed by atoms with Crippen molar-refractivity contribution in [2.75, 3.05) is 7.11 Å². The lowest BCUT2D eigenvalue weighted by Gasteiger charge is -2.13. The van der Waals surface area contributed by atoms with Crippen molar-refractivity contribution in [3.8, 4) is 0 Å². The quantitative estimate of drug-likeness (QED) is 0.487. The maximum atomic E-state index is 11.9. The van der Waals surface area contributed by atoms with Gasteiger partial charge in [0.25, 0.3) is 0 Å². The van der Waals surface area contributed by atoms with E-state index in [0.29, 0.717) is 11.3 Å². The number of para-hydroxylation sites is 1. The zero-order valence-corrected chi connectivity index (χ0v) is 14.0. The second kappa shape index (κ2) is 8.06. The maximum Gasteiger partial charge on any atom is 0.340 e. The van der Waals surface area contributed by atoms with Gasteiger partial charge >= 0.3 is 5.97 Å². The molecular weight excluding hydrogens is 310 g/mol. The van der Waals surface area contributed by atoms with E-state index in [-0.39, 0.29) is 11.9 Å². The minimum atomic E-state index is -0.385. The number of carbonyl (C=O) groups excluding carboxylic acids is 1. The van der Waals surface area contributed by atoms with Gasteiger partial charge in [0.15, 0.2) is 0 Å². The first-order valence-electron chi connectivity index (χ1n) is 8.11. The van der Waals surface area contributed by atoms with Crippen molar-refractivity contribution in [1.82, 2.24) is 0 Å². The Balaban J connectivity index is 2.00. The van der Waals surface area contributed by atoms with Gasteiger partial charge in [-0.2, -0.15) is 0 Å². The Morgan fingerprint density at radius 3 is 1.92 bits per heavy atom. The zero-order valence-electron chi connectivity index (χ0n) is 14.0. The van der Waals surface area contributed by atoms with Crippen LogP contribution in [0.1, 0.15) is 27.4 Å². The molecule has 124 valence electrons. The van der Waals surface area contributed by atoms with Crippen molar-refractivity contribution in [3.63, 3.8) is 0 Å². The van der Waals surface area contributed by atoms with Crippen molar-refractivity contribution >= 4 is 17.9 Å². The Hall–Kier alpha value is -3.20. The average molecular weight is 329 g/mol. The van der Waals surface area contributed by atoms with Gasteiger partial charge < -0.3 is 4.74 Å². The molecule has 0 aromatic heterocycles. The van der Waals surface area contributed by atoms with Crippen LogP contribution in [0, 0.1) is 0 Å². The summed E-state index contributed by atoms with van der Waals surface area (Å²) in [5.41, 5.74) is 3.35. The van der Waals surface area contributed by atoms with Gasteiger partial charge in [-0.3, -0.25) is 4.99 Å². The number of rotatable bonds is 5. The van der Waals surface area contributed by atoms with Crippen LogP contribution < -0.4 is 0 Å². The van der Waals surface area contributed by atoms with Gasteiger partial charge in [0, 0.05) is 12.1 Å². The van der Waals surface area contributed by atoms with Crippen LogP contribution in [0.5, 0.6) is 0 Å². The molecule has 0 saturated carbocycles. The number of hydrogen-bond donors (Lipinski definition) is 0. The summed E-state index contributed by atoms with van der Waals surface area (Å²) in [7, 11) is 1.37. The van der Waals surface area contributed by atoms with Gasteiger partial charge in [-0.05, 0) is 23.3 Å². The minimum Gasteiger partial charge on any atom is -0.465 e. The Kier molecular flexibility index (Phi) is 5.37. The lowest BCUT2D eigenvalue weighted by Crippen LogP contribution is -2.04. The molecule has 0 radical (unpaired) electrons. The minimum absolute atomic E-state index is 0.00750. The van der Waals surface area contributed by atoms with Crippen molar-refractivity contribution in [1.29, 1.82) is 0 Å². The molecule has 3 nitrogen and oxygen atoms in total. The largest absolute Gasteiger partial charge is 0.465 e. The second-order valence-electron chi connectivity index (χ2n) is 5.59. The third-order valence-electron chi connectivity index (χ3n) is 3.99. The van der Waals surface area contributed by atoms with Crippen LogP contribution >= 0.6 is 0 Å². The van der Waals surface area contributed by atoms with Crippen LogP contribution in [0.4, 0.5) is 5.69 Å². The van der Waals surface area contributed by atoms with E-state index in [2.05, 4.69) is 29.3 Å². The van der Waals surface area contributed by atoms with Crippen LogP contribution in [-0.2, 0) is 4.74 Å². The highest BCUT2D eigenvalue weighted by atomic mass is 16.5. The van der Waals surface area contributed by atoms with E-state index in [0.717, 1.165) is 11.1 Å². The van der Waals surface area contributed by atoms with Crippen LogP contribution in [0.15, 0.2) is 89.9 Å². The molecule has 3 aromatic rings. The lowest BCUT2D eigenvalue weighted by molar-refractivity contribution is 0.0601. The first kappa shape index (κ1) is 16.7. The standard InChI is InChI=1S/C22H19NO2/c1-25-22(24)19-14-8-9-15-21(19)23-16-20(17-10-4-2-5-11-17)18-12-6-3-7-13-18/h2-16,20H,1H3. The smallest absolute Gasteiger partial charge is 0.340 e. The molecule has 0 unspecified atom stereocenters. The first-order valence-corrected chi connectivity index (χ1v) is 8.11. The van der Waals surface area contributed by atoms with Crippen LogP contribution in [0.3, 0.4) is 0 Å². The highest BCUT2D eigenvalue weighted by Gasteiger charge is 2.13. The zero-order chi connectivity index (χ0) is 17.5. The Labute approximate surface area is 147 Å². The third-order valence-corrected chi connectivity index (χ3v) is 3.99. The number of esters is 1. The summed E-state index contributed by atoms with van der Waals surface area (Å²) in [6.45, 7) is 0. The highest BCUT2D eigenvalue weighted by molar-refractivity contribution is 5.95. The number of ether oxygens (including phenoxy) is 1. The molecule has 3 aromatic carbocycles. The van der Waals surface area contributed by atoms with E-state index in [9.17, 15) is 4.79 Å². The first-order chi connectivity index (χ1) is 12.3. The molecule has 0 amide bonds. The van der Waals surface area contributed by atoms with Crippen LogP contribution in [-0.4, -0.2) is 19.3 Å². The fourth-order valence-corrected chi connectivity index (χ4v) is 2.71. The van der Waals surface area contributed by atoms with Gasteiger partial charge in [-0.15, -0.1) is 0 Å². The molecule has 0 bridgehead atoms. The highest BCUT2D eigenvalue weighted by Crippen LogP contribution is 2.25. The van der Waals surface area contributed by atoms with Crippen molar-refractivity contribution in [3.05, 3.63) is 102 Å². The Morgan fingerprint density at radius 2 is 1.36 bits per heavy atom. The molecular formula is C22H19NO2. The van der Waals surface area contributed by atoms with Gasteiger partial charge in [0.05, 0.1) is 18.4 Å². The molecule has 0 aliphatic carbocycles. The number of nitrogens with zero attached hydrogens (tertiary/aromatic N) is 1. The summed E-state index contributed by atoms with van der Waals surface area (Å²) in [4.78, 5) is 16.5.